The number of hydrogen-bond acceptors (Lipinski definition) is 8. The molecule has 1 aliphatic heterocycles. The van der Waals surface area contributed by atoms with Gasteiger partial charge in [-0.15, -0.1) is 11.3 Å². The van der Waals surface area contributed by atoms with Crippen LogP contribution in [0, 0.1) is 5.41 Å². The first-order valence-corrected chi connectivity index (χ1v) is 15.2. The highest BCUT2D eigenvalue weighted by Crippen LogP contribution is 2.23. The summed E-state index contributed by atoms with van der Waals surface area (Å²) in [5.41, 5.74) is 7.11. The fourth-order valence-electron chi connectivity index (χ4n) is 4.48. The van der Waals surface area contributed by atoms with Gasteiger partial charge in [-0.05, 0) is 37.0 Å². The summed E-state index contributed by atoms with van der Waals surface area (Å²) in [6.07, 6.45) is -3.39. The number of nitrogens with one attached hydrogen (secondary N) is 3. The molecule has 1 aromatic heterocycles. The Bertz CT molecular complexity index is 1550. The second kappa shape index (κ2) is 17.0. The number of amides is 3. The lowest BCUT2D eigenvalue weighted by molar-refractivity contribution is -0.192. The van der Waals surface area contributed by atoms with Crippen molar-refractivity contribution in [3.05, 3.63) is 65.2 Å². The van der Waals surface area contributed by atoms with Crippen molar-refractivity contribution in [2.45, 2.75) is 37.9 Å². The van der Waals surface area contributed by atoms with Gasteiger partial charge in [-0.25, -0.2) is 9.78 Å². The van der Waals surface area contributed by atoms with Crippen LogP contribution in [0.3, 0.4) is 0 Å². The Labute approximate surface area is 271 Å². The third-order valence-electron chi connectivity index (χ3n) is 6.86. The Morgan fingerprint density at radius 1 is 1.06 bits per heavy atom. The minimum atomic E-state index is -5.08. The number of nitrogens with two attached hydrogens (primary N) is 1. The van der Waals surface area contributed by atoms with E-state index < -0.39 is 24.1 Å². The van der Waals surface area contributed by atoms with Crippen LogP contribution >= 0.6 is 11.3 Å². The molecule has 13 nitrogen and oxygen atoms in total. The first-order chi connectivity index (χ1) is 22.2. The van der Waals surface area contributed by atoms with E-state index in [1.165, 1.54) is 21.1 Å². The van der Waals surface area contributed by atoms with E-state index in [1.807, 2.05) is 54.6 Å². The van der Waals surface area contributed by atoms with Crippen LogP contribution in [0.15, 0.2) is 54.6 Å². The predicted octanol–water partition coefficient (Wildman–Crippen LogP) is 2.16. The molecule has 1 fully saturated rings. The first kappa shape index (κ1) is 36.4. The van der Waals surface area contributed by atoms with Crippen molar-refractivity contribution in [2.24, 2.45) is 5.73 Å². The molecule has 3 aromatic rings. The van der Waals surface area contributed by atoms with E-state index in [1.54, 1.807) is 0 Å². The second-order valence-corrected chi connectivity index (χ2v) is 11.4. The number of ketones is 1. The van der Waals surface area contributed by atoms with Crippen LogP contribution in [0.4, 0.5) is 13.2 Å². The van der Waals surface area contributed by atoms with Crippen molar-refractivity contribution in [1.82, 2.24) is 25.4 Å². The number of para-hydroxylation sites is 1. The molecule has 0 spiro atoms. The number of alkyl halides is 3. The van der Waals surface area contributed by atoms with Gasteiger partial charge in [-0.2, -0.15) is 13.2 Å². The standard InChI is InChI=1S/C28H33N7O4S.C2HF3O2/c29-28(30)31-14-6-10-21(26(39)27-33-20-9-4-5-11-22(20)40-27)32-23(36)17-34-15-16-35(18-25(34)38)24(37)13-12-19-7-2-1-3-8-19;3-2(4,5)1(6)7/h1-5,7-9,11,21H,6,10,12-18H2,(H,32,36)(H4,29,30,31);(H,6,7). The summed E-state index contributed by atoms with van der Waals surface area (Å²) in [6.45, 7) is 0.666. The number of nitrogens with zero attached hydrogens (tertiary/aromatic N) is 3. The molecule has 0 bridgehead atoms. The number of benzene rings is 2. The van der Waals surface area contributed by atoms with Crippen LogP contribution in [0.1, 0.15) is 34.6 Å². The zero-order valence-corrected chi connectivity index (χ0v) is 25.9. The number of hydrogen-bond donors (Lipinski definition) is 5. The van der Waals surface area contributed by atoms with Crippen LogP contribution in [0.2, 0.25) is 0 Å². The van der Waals surface area contributed by atoms with Crippen LogP contribution in [0.25, 0.3) is 10.2 Å². The summed E-state index contributed by atoms with van der Waals surface area (Å²) in [7, 11) is 0. The predicted molar refractivity (Wildman–Crippen MR) is 167 cm³/mol. The zero-order chi connectivity index (χ0) is 34.6. The van der Waals surface area contributed by atoms with Gasteiger partial charge in [0, 0.05) is 26.1 Å². The Kier molecular flexibility index (Phi) is 13.2. The van der Waals surface area contributed by atoms with Gasteiger partial charge >= 0.3 is 12.1 Å². The van der Waals surface area contributed by atoms with Gasteiger partial charge in [0.25, 0.3) is 0 Å². The number of carbonyl (C=O) groups excluding carboxylic acids is 4. The summed E-state index contributed by atoms with van der Waals surface area (Å²) in [4.78, 5) is 68.0. The fourth-order valence-corrected chi connectivity index (χ4v) is 5.44. The highest BCUT2D eigenvalue weighted by atomic mass is 32.1. The Balaban J connectivity index is 0.000000771. The lowest BCUT2D eigenvalue weighted by Gasteiger charge is -2.34. The van der Waals surface area contributed by atoms with Crippen LogP contribution in [0.5, 0.6) is 0 Å². The average Bonchev–Trinajstić information content (AvgIpc) is 3.47. The summed E-state index contributed by atoms with van der Waals surface area (Å²) in [5.74, 6) is -4.10. The summed E-state index contributed by atoms with van der Waals surface area (Å²) in [6, 6.07) is 16.3. The van der Waals surface area contributed by atoms with Crippen LogP contribution < -0.4 is 16.4 Å². The number of aliphatic carboxylic acids is 1. The quantitative estimate of drug-likeness (QED) is 0.0825. The Morgan fingerprint density at radius 2 is 1.72 bits per heavy atom. The molecular formula is C30H34F3N7O6S. The molecular weight excluding hydrogens is 643 g/mol. The van der Waals surface area contributed by atoms with E-state index >= 15 is 0 Å². The number of aromatic nitrogens is 1. The molecule has 3 amide bonds. The third kappa shape index (κ3) is 11.7. The molecule has 1 aliphatic rings. The van der Waals surface area contributed by atoms with Gasteiger partial charge in [-0.3, -0.25) is 24.6 Å². The van der Waals surface area contributed by atoms with Crippen molar-refractivity contribution in [3.8, 4) is 0 Å². The molecule has 47 heavy (non-hydrogen) atoms. The number of fused-ring (bicyclic) bond motifs is 1. The van der Waals surface area contributed by atoms with E-state index in [0.29, 0.717) is 49.3 Å². The molecule has 1 saturated heterocycles. The van der Waals surface area contributed by atoms with E-state index in [0.717, 1.165) is 10.3 Å². The lowest BCUT2D eigenvalue weighted by Crippen LogP contribution is -2.55. The minimum absolute atomic E-state index is 0.0777. The number of piperazine rings is 1. The molecule has 17 heteroatoms. The molecule has 1 atom stereocenters. The van der Waals surface area contributed by atoms with Gasteiger partial charge in [0.2, 0.25) is 23.5 Å². The minimum Gasteiger partial charge on any atom is -0.475 e. The number of thiazole rings is 1. The van der Waals surface area contributed by atoms with E-state index in [9.17, 15) is 32.3 Å². The number of rotatable bonds is 12. The number of halogens is 3. The smallest absolute Gasteiger partial charge is 0.475 e. The number of Topliss-reactive ketones (excluding diaryl/α,β-unsaturated/α-hetero) is 1. The second-order valence-electron chi connectivity index (χ2n) is 10.4. The van der Waals surface area contributed by atoms with E-state index in [4.69, 9.17) is 21.0 Å². The third-order valence-corrected chi connectivity index (χ3v) is 7.91. The molecule has 252 valence electrons. The van der Waals surface area contributed by atoms with Crippen molar-refractivity contribution >= 4 is 57.0 Å². The largest absolute Gasteiger partial charge is 0.490 e. The van der Waals surface area contributed by atoms with Crippen molar-refractivity contribution in [1.29, 1.82) is 5.41 Å². The van der Waals surface area contributed by atoms with Gasteiger partial charge in [0.1, 0.15) is 0 Å². The molecule has 0 saturated carbocycles. The number of aryl methyl sites for hydroxylation is 1. The zero-order valence-electron chi connectivity index (χ0n) is 25.1. The van der Waals surface area contributed by atoms with Crippen molar-refractivity contribution in [3.63, 3.8) is 0 Å². The SMILES string of the molecule is N=C(N)NCCCC(NC(=O)CN1CCN(C(=O)CCc2ccccc2)CC1=O)C(=O)c1nc2ccccc2s1.O=C(O)C(F)(F)F. The monoisotopic (exact) mass is 677 g/mol. The van der Waals surface area contributed by atoms with Gasteiger partial charge < -0.3 is 31.3 Å². The molecule has 6 N–H and O–H groups in total. The van der Waals surface area contributed by atoms with E-state index in [2.05, 4.69) is 15.6 Å². The number of carboxylic acids is 1. The molecule has 0 radical (unpaired) electrons. The normalized spacial score (nSPS) is 13.7. The molecule has 1 unspecified atom stereocenters. The van der Waals surface area contributed by atoms with Crippen molar-refractivity contribution in [2.75, 3.05) is 32.7 Å². The van der Waals surface area contributed by atoms with Gasteiger partial charge in [-0.1, -0.05) is 42.5 Å². The van der Waals surface area contributed by atoms with Gasteiger partial charge in [0.05, 0.1) is 29.3 Å². The summed E-state index contributed by atoms with van der Waals surface area (Å²) >= 11 is 1.26. The molecule has 4 rings (SSSR count). The number of carbonyl (C=O) groups is 5. The van der Waals surface area contributed by atoms with Gasteiger partial charge in [0.15, 0.2) is 11.0 Å². The summed E-state index contributed by atoms with van der Waals surface area (Å²) < 4.78 is 32.6. The van der Waals surface area contributed by atoms with Crippen LogP contribution in [-0.2, 0) is 25.6 Å². The maximum absolute atomic E-state index is 13.3. The first-order valence-electron chi connectivity index (χ1n) is 14.4. The van der Waals surface area contributed by atoms with Crippen LogP contribution in [-0.4, -0.2) is 100 Å². The number of carboxylic acid groups (broad SMARTS) is 1. The lowest BCUT2D eigenvalue weighted by atomic mass is 10.1. The molecule has 2 heterocycles. The summed E-state index contributed by atoms with van der Waals surface area (Å²) in [5, 5.41) is 20.2. The highest BCUT2D eigenvalue weighted by Gasteiger charge is 2.38. The highest BCUT2D eigenvalue weighted by molar-refractivity contribution is 7.20. The fraction of sp³-hybridized carbons (Fsp3) is 0.367. The maximum atomic E-state index is 13.3. The molecule has 2 aromatic carbocycles. The average molecular weight is 678 g/mol. The van der Waals surface area contributed by atoms with E-state index in [-0.39, 0.29) is 43.2 Å². The number of guanidine groups is 1. The molecule has 0 aliphatic carbocycles. The topological polar surface area (TPSA) is 199 Å². The Hall–Kier alpha value is -5.06. The Morgan fingerprint density at radius 3 is 2.34 bits per heavy atom. The maximum Gasteiger partial charge on any atom is 0.490 e. The van der Waals surface area contributed by atoms with Crippen molar-refractivity contribution < 1.29 is 42.3 Å².